The van der Waals surface area contributed by atoms with Gasteiger partial charge in [-0.2, -0.15) is 0 Å². The van der Waals surface area contributed by atoms with Crippen LogP contribution in [0.15, 0.2) is 36.0 Å². The van der Waals surface area contributed by atoms with E-state index in [-0.39, 0.29) is 36.5 Å². The van der Waals surface area contributed by atoms with Crippen LogP contribution in [0.3, 0.4) is 0 Å². The summed E-state index contributed by atoms with van der Waals surface area (Å²) in [5.41, 5.74) is 0.283. The molecule has 202 valence electrons. The normalized spacial score (nSPS) is 39.9. The summed E-state index contributed by atoms with van der Waals surface area (Å²) in [5, 5.41) is 23.9. The fraction of sp³-hybridized carbons (Fsp3) is 0.704. The van der Waals surface area contributed by atoms with Crippen LogP contribution in [0.2, 0.25) is 0 Å². The molecule has 0 aromatic rings. The number of allylic oxidation sites excluding steroid dienone is 2. The van der Waals surface area contributed by atoms with Crippen molar-refractivity contribution in [3.05, 3.63) is 36.0 Å². The third-order valence-corrected chi connectivity index (χ3v) is 7.02. The van der Waals surface area contributed by atoms with Crippen molar-refractivity contribution in [2.24, 2.45) is 5.92 Å². The second-order valence-electron chi connectivity index (χ2n) is 10.7. The zero-order chi connectivity index (χ0) is 26.7. The first-order valence-electron chi connectivity index (χ1n) is 12.7. The zero-order valence-electron chi connectivity index (χ0n) is 22.1. The van der Waals surface area contributed by atoms with E-state index < -0.39 is 35.7 Å². The molecule has 0 saturated carbocycles. The summed E-state index contributed by atoms with van der Waals surface area (Å²) >= 11 is 0. The van der Waals surface area contributed by atoms with E-state index in [1.165, 1.54) is 13.0 Å². The number of esters is 1. The molecule has 3 rings (SSSR count). The number of aliphatic hydroxyl groups is 2. The van der Waals surface area contributed by atoms with Crippen molar-refractivity contribution in [1.29, 1.82) is 0 Å². The van der Waals surface area contributed by atoms with E-state index in [0.717, 1.165) is 12.0 Å². The van der Waals surface area contributed by atoms with E-state index in [1.54, 1.807) is 26.0 Å². The third-order valence-electron chi connectivity index (χ3n) is 7.02. The summed E-state index contributed by atoms with van der Waals surface area (Å²) in [5.74, 6) is -1.75. The van der Waals surface area contributed by atoms with Gasteiger partial charge in [0.25, 0.3) is 0 Å². The molecule has 0 aliphatic carbocycles. The van der Waals surface area contributed by atoms with Crippen LogP contribution < -0.4 is 5.32 Å². The number of nitrogens with one attached hydrogen (secondary N) is 1. The highest BCUT2D eigenvalue weighted by atomic mass is 16.7. The van der Waals surface area contributed by atoms with Gasteiger partial charge in [0.2, 0.25) is 5.91 Å². The predicted molar refractivity (Wildman–Crippen MR) is 133 cm³/mol. The molecule has 9 atom stereocenters. The van der Waals surface area contributed by atoms with Gasteiger partial charge in [0, 0.05) is 19.4 Å². The van der Waals surface area contributed by atoms with Gasteiger partial charge in [-0.05, 0) is 52.5 Å². The van der Waals surface area contributed by atoms with E-state index >= 15 is 0 Å². The van der Waals surface area contributed by atoms with Gasteiger partial charge < -0.3 is 34.5 Å². The number of carbonyl (C=O) groups is 2. The highest BCUT2D eigenvalue weighted by Crippen LogP contribution is 2.45. The topological polar surface area (TPSA) is 127 Å². The highest BCUT2D eigenvalue weighted by Gasteiger charge is 2.61. The Kier molecular flexibility index (Phi) is 9.16. The van der Waals surface area contributed by atoms with Gasteiger partial charge in [0.1, 0.15) is 23.9 Å². The van der Waals surface area contributed by atoms with E-state index in [2.05, 4.69) is 18.3 Å². The van der Waals surface area contributed by atoms with E-state index in [9.17, 15) is 19.8 Å². The molecule has 1 amide bonds. The lowest BCUT2D eigenvalue weighted by molar-refractivity contribution is -0.272. The van der Waals surface area contributed by atoms with E-state index in [4.69, 9.17) is 18.9 Å². The molecular weight excluding hydrogens is 466 g/mol. The van der Waals surface area contributed by atoms with Gasteiger partial charge >= 0.3 is 5.97 Å². The Balaban J connectivity index is 1.49. The molecule has 3 aliphatic rings. The Morgan fingerprint density at radius 3 is 2.58 bits per heavy atom. The maximum Gasteiger partial charge on any atom is 0.303 e. The number of amides is 1. The smallest absolute Gasteiger partial charge is 0.303 e. The van der Waals surface area contributed by atoms with Crippen molar-refractivity contribution in [3.63, 3.8) is 0 Å². The van der Waals surface area contributed by atoms with E-state index in [0.29, 0.717) is 13.0 Å². The van der Waals surface area contributed by atoms with Gasteiger partial charge in [-0.1, -0.05) is 30.7 Å². The number of epoxide rings is 1. The average Bonchev–Trinajstić information content (AvgIpc) is 3.54. The molecule has 3 aliphatic heterocycles. The minimum Gasteiger partial charge on any atom is -0.459 e. The summed E-state index contributed by atoms with van der Waals surface area (Å²) in [4.78, 5) is 23.3. The van der Waals surface area contributed by atoms with Gasteiger partial charge in [0.15, 0.2) is 5.79 Å². The fourth-order valence-corrected chi connectivity index (χ4v) is 4.95. The number of aliphatic hydroxyl groups excluding tert-OH is 1. The molecule has 3 saturated heterocycles. The minimum absolute atomic E-state index is 0.0106. The summed E-state index contributed by atoms with van der Waals surface area (Å²) in [6.07, 6.45) is 8.33. The molecule has 0 radical (unpaired) electrons. The van der Waals surface area contributed by atoms with Crippen molar-refractivity contribution in [2.75, 3.05) is 6.61 Å². The van der Waals surface area contributed by atoms with Crippen LogP contribution in [0.25, 0.3) is 0 Å². The number of ether oxygens (including phenoxy) is 4. The number of hydrogen-bond acceptors (Lipinski definition) is 8. The van der Waals surface area contributed by atoms with Crippen molar-refractivity contribution in [2.45, 2.75) is 109 Å². The summed E-state index contributed by atoms with van der Waals surface area (Å²) in [6.45, 7) is 11.1. The van der Waals surface area contributed by atoms with Crippen molar-refractivity contribution >= 4 is 11.9 Å². The molecule has 0 aromatic carbocycles. The molecule has 3 fully saturated rings. The summed E-state index contributed by atoms with van der Waals surface area (Å²) < 4.78 is 22.3. The first kappa shape index (κ1) is 28.5. The molecule has 1 spiro atoms. The summed E-state index contributed by atoms with van der Waals surface area (Å²) in [6, 6.07) is -0.114. The van der Waals surface area contributed by atoms with Crippen LogP contribution in [0.5, 0.6) is 0 Å². The molecule has 0 bridgehead atoms. The molecule has 36 heavy (non-hydrogen) atoms. The van der Waals surface area contributed by atoms with Gasteiger partial charge in [-0.3, -0.25) is 9.59 Å². The Morgan fingerprint density at radius 1 is 1.25 bits per heavy atom. The maximum absolute atomic E-state index is 12.3. The van der Waals surface area contributed by atoms with Crippen LogP contribution in [-0.2, 0) is 28.5 Å². The highest BCUT2D eigenvalue weighted by molar-refractivity contribution is 5.87. The maximum atomic E-state index is 12.3. The molecular formula is C27H41NO8. The molecule has 9 nitrogen and oxygen atoms in total. The fourth-order valence-electron chi connectivity index (χ4n) is 4.95. The standard InChI is InChI=1S/C27H41NO8/c1-16(8-11-23-25(31)27(15-33-27)14-26(6,32)36-23)7-10-22-17(2)13-21(19(4)35-22)28-24(30)12-9-18(3)34-20(5)29/h7-9,11-12,17-19,21-23,25,31-32H,10,13-15H2,1-6H3,(H,28,30)/b11-8+,12-9-,16-7+/t17-,18+,19+,21+,22-,23+,25+,26-,27?/m0/s1. The second kappa shape index (κ2) is 11.6. The zero-order valence-corrected chi connectivity index (χ0v) is 22.1. The lowest BCUT2D eigenvalue weighted by Crippen LogP contribution is -2.54. The number of rotatable bonds is 8. The first-order chi connectivity index (χ1) is 16.8. The third kappa shape index (κ3) is 7.73. The second-order valence-corrected chi connectivity index (χ2v) is 10.7. The molecule has 3 heterocycles. The van der Waals surface area contributed by atoms with Crippen LogP contribution in [-0.4, -0.2) is 76.6 Å². The Bertz CT molecular complexity index is 890. The molecule has 3 N–H and O–H groups in total. The van der Waals surface area contributed by atoms with Crippen LogP contribution >= 0.6 is 0 Å². The minimum atomic E-state index is -1.34. The van der Waals surface area contributed by atoms with Gasteiger partial charge in [-0.25, -0.2) is 0 Å². The molecule has 0 aromatic heterocycles. The van der Waals surface area contributed by atoms with Crippen molar-refractivity contribution in [1.82, 2.24) is 5.32 Å². The van der Waals surface area contributed by atoms with Crippen molar-refractivity contribution in [3.8, 4) is 0 Å². The number of carbonyl (C=O) groups excluding carboxylic acids is 2. The van der Waals surface area contributed by atoms with Crippen molar-refractivity contribution < 1.29 is 38.7 Å². The van der Waals surface area contributed by atoms with Crippen LogP contribution in [0.1, 0.15) is 60.8 Å². The average molecular weight is 508 g/mol. The van der Waals surface area contributed by atoms with Crippen LogP contribution in [0, 0.1) is 5.92 Å². The largest absolute Gasteiger partial charge is 0.459 e. The van der Waals surface area contributed by atoms with Gasteiger partial charge in [0.05, 0.1) is 24.9 Å². The van der Waals surface area contributed by atoms with E-state index in [1.807, 2.05) is 19.9 Å². The lowest BCUT2D eigenvalue weighted by atomic mass is 9.87. The van der Waals surface area contributed by atoms with Gasteiger partial charge in [-0.15, -0.1) is 0 Å². The first-order valence-corrected chi connectivity index (χ1v) is 12.7. The monoisotopic (exact) mass is 507 g/mol. The molecule has 1 unspecified atom stereocenters. The predicted octanol–water partition coefficient (Wildman–Crippen LogP) is 2.31. The Morgan fingerprint density at radius 2 is 1.94 bits per heavy atom. The molecule has 9 heteroatoms. The SMILES string of the molecule is CC(=O)O[C@H](C)/C=C\C(=O)N[C@@H]1C[C@H](C)[C@H](C/C=C(C)/C=C/[C@H]2O[C@](C)(O)CC3(CO3)[C@@H]2O)O[C@@H]1C. The van der Waals surface area contributed by atoms with Crippen LogP contribution in [0.4, 0.5) is 0 Å². The number of hydrogen-bond donors (Lipinski definition) is 3. The Hall–Kier alpha value is -2.04. The Labute approximate surface area is 213 Å². The quantitative estimate of drug-likeness (QED) is 0.198. The summed E-state index contributed by atoms with van der Waals surface area (Å²) in [7, 11) is 0. The lowest BCUT2D eigenvalue weighted by Gasteiger charge is -2.40.